The second kappa shape index (κ2) is 18.9. The van der Waals surface area contributed by atoms with Crippen molar-refractivity contribution in [2.45, 2.75) is 80.3 Å². The molecule has 2 unspecified atom stereocenters. The van der Waals surface area contributed by atoms with Crippen LogP contribution >= 0.6 is 0 Å². The molecule has 0 radical (unpaired) electrons. The topological polar surface area (TPSA) is 113 Å². The Bertz CT molecular complexity index is 264. The Balaban J connectivity index is -0.000000124. The van der Waals surface area contributed by atoms with E-state index in [2.05, 4.69) is 26.1 Å². The molecule has 6 nitrogen and oxygen atoms in total. The normalized spacial score (nSPS) is 12.3. The number of nitrogens with one attached hydrogen (secondary N) is 1. The molecule has 0 aromatic rings. The number of nitrogens with two attached hydrogens (primary N) is 1. The van der Waals surface area contributed by atoms with E-state index in [4.69, 9.17) is 20.7 Å². The van der Waals surface area contributed by atoms with Gasteiger partial charge in [0.2, 0.25) is 0 Å². The van der Waals surface area contributed by atoms with Crippen LogP contribution in [0.4, 0.5) is 0 Å². The molecule has 0 saturated carbocycles. The molecule has 0 aromatic carbocycles. The molecule has 0 spiro atoms. The van der Waals surface area contributed by atoms with Crippen molar-refractivity contribution in [3.8, 4) is 0 Å². The quantitative estimate of drug-likeness (QED) is 0.573. The van der Waals surface area contributed by atoms with Gasteiger partial charge in [0, 0.05) is 6.04 Å². The monoisotopic (exact) mass is 336 g/mol. The second-order valence-corrected chi connectivity index (χ2v) is 6.63. The minimum Gasteiger partial charge on any atom is -0.483 e. The van der Waals surface area contributed by atoms with Crippen molar-refractivity contribution in [2.75, 3.05) is 7.05 Å². The molecular weight excluding hydrogens is 296 g/mol. The van der Waals surface area contributed by atoms with Gasteiger partial charge in [-0.15, -0.1) is 0 Å². The highest BCUT2D eigenvalue weighted by molar-refractivity contribution is 5.73. The Morgan fingerprint density at radius 2 is 1.57 bits per heavy atom. The Kier molecular flexibility index (Phi) is 24.5. The van der Waals surface area contributed by atoms with E-state index in [0.717, 1.165) is 5.92 Å². The highest BCUT2D eigenvalue weighted by atomic mass is 16.4. The van der Waals surface area contributed by atoms with Crippen molar-refractivity contribution >= 4 is 12.4 Å². The molecule has 0 bridgehead atoms. The van der Waals surface area contributed by atoms with Crippen LogP contribution in [0, 0.1) is 11.3 Å². The highest BCUT2D eigenvalue weighted by Gasteiger charge is 2.20. The van der Waals surface area contributed by atoms with Gasteiger partial charge in [-0.25, -0.2) is 0 Å². The first-order valence-electron chi connectivity index (χ1n) is 8.14. The molecule has 0 aliphatic heterocycles. The third-order valence-electron chi connectivity index (χ3n) is 2.47. The number of hydrogen-bond donors (Lipinski definition) is 4. The maximum atomic E-state index is 10.3. The van der Waals surface area contributed by atoms with E-state index in [1.807, 2.05) is 41.7 Å². The average Bonchev–Trinajstić information content (AvgIpc) is 2.39. The van der Waals surface area contributed by atoms with Gasteiger partial charge in [0.1, 0.15) is 6.04 Å². The average molecular weight is 337 g/mol. The van der Waals surface area contributed by atoms with E-state index in [1.165, 1.54) is 6.42 Å². The molecule has 0 saturated heterocycles. The predicted octanol–water partition coefficient (Wildman–Crippen LogP) is 3.20. The van der Waals surface area contributed by atoms with E-state index in [9.17, 15) is 4.79 Å². The largest absolute Gasteiger partial charge is 0.483 e. The molecule has 142 valence electrons. The first kappa shape index (κ1) is 29.8. The summed E-state index contributed by atoms with van der Waals surface area (Å²) in [6.07, 6.45) is 1.79. The molecule has 0 aliphatic carbocycles. The van der Waals surface area contributed by atoms with Crippen molar-refractivity contribution in [1.82, 2.24) is 5.32 Å². The first-order chi connectivity index (χ1) is 10.4. The molecule has 0 fully saturated rings. The Labute approximate surface area is 142 Å². The molecule has 0 heterocycles. The first-order valence-corrected chi connectivity index (χ1v) is 8.14. The summed E-state index contributed by atoms with van der Waals surface area (Å²) in [5.41, 5.74) is 5.30. The minimum atomic E-state index is -0.921. The smallest absolute Gasteiger partial charge is 0.320 e. The summed E-state index contributed by atoms with van der Waals surface area (Å²) >= 11 is 0. The van der Waals surface area contributed by atoms with Gasteiger partial charge in [0.25, 0.3) is 6.47 Å². The standard InChI is InChI=1S/C7H15NO2.C7H17N.C2H6.CH2O2/c1-7(2,3)4-5(8)6(9)10;1-6(2)5-7(3)8-4;1-2;2-1-3/h5H,4,8H2,1-3H3,(H,9,10);6-8H,5H2,1-4H3;1-2H3;1H,(H,2,3). The van der Waals surface area contributed by atoms with Crippen LogP contribution in [0.2, 0.25) is 0 Å². The molecule has 0 rings (SSSR count). The van der Waals surface area contributed by atoms with Crippen LogP contribution in [0.5, 0.6) is 0 Å². The second-order valence-electron chi connectivity index (χ2n) is 6.63. The van der Waals surface area contributed by atoms with Crippen LogP contribution < -0.4 is 11.1 Å². The van der Waals surface area contributed by atoms with Gasteiger partial charge in [-0.3, -0.25) is 9.59 Å². The molecule has 2 atom stereocenters. The zero-order valence-electron chi connectivity index (χ0n) is 16.5. The molecule has 0 aromatic heterocycles. The summed E-state index contributed by atoms with van der Waals surface area (Å²) in [4.78, 5) is 18.6. The summed E-state index contributed by atoms with van der Waals surface area (Å²) in [7, 11) is 2.01. The zero-order chi connectivity index (χ0) is 19.6. The molecule has 0 aliphatic rings. The number of rotatable bonds is 5. The van der Waals surface area contributed by atoms with Crippen molar-refractivity contribution < 1.29 is 19.8 Å². The van der Waals surface area contributed by atoms with Crippen LogP contribution in [0.1, 0.15) is 68.2 Å². The Morgan fingerprint density at radius 1 is 1.22 bits per heavy atom. The van der Waals surface area contributed by atoms with Crippen molar-refractivity contribution in [2.24, 2.45) is 17.1 Å². The number of carboxylic acid groups (broad SMARTS) is 2. The highest BCUT2D eigenvalue weighted by Crippen LogP contribution is 2.19. The number of carboxylic acids is 1. The van der Waals surface area contributed by atoms with Gasteiger partial charge in [-0.1, -0.05) is 48.5 Å². The van der Waals surface area contributed by atoms with Gasteiger partial charge >= 0.3 is 5.97 Å². The lowest BCUT2D eigenvalue weighted by molar-refractivity contribution is -0.139. The molecule has 5 N–H and O–H groups in total. The lowest BCUT2D eigenvalue weighted by atomic mass is 9.88. The van der Waals surface area contributed by atoms with E-state index >= 15 is 0 Å². The van der Waals surface area contributed by atoms with Gasteiger partial charge in [0.05, 0.1) is 0 Å². The molecular formula is C17H40N2O4. The summed E-state index contributed by atoms with van der Waals surface area (Å²) in [6, 6.07) is -0.0463. The van der Waals surface area contributed by atoms with Crippen LogP contribution in [-0.2, 0) is 9.59 Å². The Hall–Kier alpha value is -1.14. The third-order valence-corrected chi connectivity index (χ3v) is 2.47. The molecule has 6 heteroatoms. The SMILES string of the molecule is CC.CC(C)(C)CC(N)C(=O)O.CNC(C)CC(C)C.O=CO. The molecule has 0 amide bonds. The maximum Gasteiger partial charge on any atom is 0.320 e. The van der Waals surface area contributed by atoms with Gasteiger partial charge in [-0.05, 0) is 38.1 Å². The fourth-order valence-corrected chi connectivity index (χ4v) is 1.57. The fourth-order valence-electron chi connectivity index (χ4n) is 1.57. The maximum absolute atomic E-state index is 10.3. The summed E-state index contributed by atoms with van der Waals surface area (Å²) in [6.45, 7) is 16.4. The van der Waals surface area contributed by atoms with Crippen molar-refractivity contribution in [1.29, 1.82) is 0 Å². The van der Waals surface area contributed by atoms with Crippen LogP contribution in [-0.4, -0.2) is 41.8 Å². The van der Waals surface area contributed by atoms with E-state index in [1.54, 1.807) is 0 Å². The predicted molar refractivity (Wildman–Crippen MR) is 97.7 cm³/mol. The number of aliphatic carboxylic acids is 1. The van der Waals surface area contributed by atoms with Crippen LogP contribution in [0.25, 0.3) is 0 Å². The van der Waals surface area contributed by atoms with E-state index < -0.39 is 12.0 Å². The Morgan fingerprint density at radius 3 is 1.65 bits per heavy atom. The van der Waals surface area contributed by atoms with Crippen molar-refractivity contribution in [3.63, 3.8) is 0 Å². The number of carbonyl (C=O) groups is 2. The van der Waals surface area contributed by atoms with E-state index in [0.29, 0.717) is 12.5 Å². The lowest BCUT2D eigenvalue weighted by Gasteiger charge is -2.20. The number of hydrogen-bond acceptors (Lipinski definition) is 4. The summed E-state index contributed by atoms with van der Waals surface area (Å²) in [5.74, 6) is -0.104. The lowest BCUT2D eigenvalue weighted by Crippen LogP contribution is -2.34. The zero-order valence-corrected chi connectivity index (χ0v) is 16.5. The summed E-state index contributed by atoms with van der Waals surface area (Å²) in [5, 5.41) is 18.5. The minimum absolute atomic E-state index is 0.00218. The van der Waals surface area contributed by atoms with Gasteiger partial charge < -0.3 is 21.3 Å². The summed E-state index contributed by atoms with van der Waals surface area (Å²) < 4.78 is 0. The fraction of sp³-hybridized carbons (Fsp3) is 0.882. The third kappa shape index (κ3) is 38.6. The van der Waals surface area contributed by atoms with Crippen LogP contribution in [0.15, 0.2) is 0 Å². The molecule has 23 heavy (non-hydrogen) atoms. The van der Waals surface area contributed by atoms with Crippen LogP contribution in [0.3, 0.4) is 0 Å². The van der Waals surface area contributed by atoms with Crippen molar-refractivity contribution in [3.05, 3.63) is 0 Å². The van der Waals surface area contributed by atoms with Gasteiger partial charge in [0.15, 0.2) is 0 Å². The van der Waals surface area contributed by atoms with Gasteiger partial charge in [-0.2, -0.15) is 0 Å². The van der Waals surface area contributed by atoms with E-state index in [-0.39, 0.29) is 11.9 Å².